The normalized spacial score (nSPS) is 11.3. The Hall–Kier alpha value is 1.10. The molecule has 0 unspecified atom stereocenters. The standard InChI is InChI=1S/C9H19.C8H18.Y/c1-6-9(7(2)3)8(4)5;1-6(2)8(5)7(3)4;/h6-9H,1-5H3;6-8H,1-5H3;/q-1;;. The van der Waals surface area contributed by atoms with Crippen molar-refractivity contribution in [3.63, 3.8) is 0 Å². The second-order valence-electron chi connectivity index (χ2n) is 6.75. The molecule has 0 rings (SSSR count). The van der Waals surface area contributed by atoms with Gasteiger partial charge in [0.25, 0.3) is 0 Å². The predicted molar refractivity (Wildman–Crippen MR) is 82.0 cm³/mol. The maximum atomic E-state index is 2.31. The van der Waals surface area contributed by atoms with E-state index < -0.39 is 0 Å². The van der Waals surface area contributed by atoms with Crippen LogP contribution in [0.15, 0.2) is 0 Å². The molecule has 0 aliphatic carbocycles. The van der Waals surface area contributed by atoms with Crippen LogP contribution in [-0.2, 0) is 32.7 Å². The average molecular weight is 330 g/mol. The summed E-state index contributed by atoms with van der Waals surface area (Å²) in [5.41, 5.74) is 0. The minimum absolute atomic E-state index is 0. The molecule has 0 atom stereocenters. The van der Waals surface area contributed by atoms with E-state index in [0.717, 1.165) is 35.5 Å². The summed E-state index contributed by atoms with van der Waals surface area (Å²) in [6.07, 6.45) is 2.31. The molecule has 18 heavy (non-hydrogen) atoms. The summed E-state index contributed by atoms with van der Waals surface area (Å²) >= 11 is 0. The monoisotopic (exact) mass is 330 g/mol. The van der Waals surface area contributed by atoms with Crippen molar-refractivity contribution >= 4 is 0 Å². The van der Waals surface area contributed by atoms with E-state index in [-0.39, 0.29) is 32.7 Å². The van der Waals surface area contributed by atoms with Crippen molar-refractivity contribution in [2.75, 3.05) is 0 Å². The van der Waals surface area contributed by atoms with Crippen LogP contribution in [0.25, 0.3) is 0 Å². The summed E-state index contributed by atoms with van der Waals surface area (Å²) < 4.78 is 0. The fourth-order valence-corrected chi connectivity index (χ4v) is 2.31. The van der Waals surface area contributed by atoms with Crippen molar-refractivity contribution in [3.8, 4) is 0 Å². The van der Waals surface area contributed by atoms with Crippen LogP contribution in [0.2, 0.25) is 0 Å². The van der Waals surface area contributed by atoms with E-state index in [2.05, 4.69) is 75.7 Å². The summed E-state index contributed by atoms with van der Waals surface area (Å²) in [6, 6.07) is 0. The SMILES string of the molecule is CC(C)C(C)C(C)C.C[CH-]C(C(C)C)C(C)C.[Y]. The van der Waals surface area contributed by atoms with Crippen LogP contribution in [0.4, 0.5) is 0 Å². The molecular formula is C17H37Y-. The van der Waals surface area contributed by atoms with Crippen molar-refractivity contribution in [2.45, 2.75) is 69.2 Å². The van der Waals surface area contributed by atoms with E-state index in [1.165, 1.54) is 0 Å². The summed E-state index contributed by atoms with van der Waals surface area (Å²) in [4.78, 5) is 0. The largest absolute Gasteiger partial charge is 0.328 e. The molecule has 0 aromatic rings. The first-order valence-electron chi connectivity index (χ1n) is 7.44. The van der Waals surface area contributed by atoms with Gasteiger partial charge in [-0.3, -0.25) is 0 Å². The molecule has 0 saturated carbocycles. The quantitative estimate of drug-likeness (QED) is 0.537. The van der Waals surface area contributed by atoms with Crippen molar-refractivity contribution in [1.29, 1.82) is 0 Å². The van der Waals surface area contributed by atoms with Gasteiger partial charge in [-0.2, -0.15) is 12.8 Å². The van der Waals surface area contributed by atoms with E-state index in [4.69, 9.17) is 0 Å². The molecular weight excluding hydrogens is 293 g/mol. The van der Waals surface area contributed by atoms with Gasteiger partial charge < -0.3 is 6.42 Å². The van der Waals surface area contributed by atoms with Gasteiger partial charge in [0.15, 0.2) is 0 Å². The van der Waals surface area contributed by atoms with Crippen LogP contribution in [0.3, 0.4) is 0 Å². The van der Waals surface area contributed by atoms with E-state index in [1.807, 2.05) is 0 Å². The van der Waals surface area contributed by atoms with Gasteiger partial charge in [-0.25, -0.2) is 0 Å². The predicted octanol–water partition coefficient (Wildman–Crippen LogP) is 6.07. The molecule has 0 aliphatic rings. The van der Waals surface area contributed by atoms with E-state index in [9.17, 15) is 0 Å². The first-order chi connectivity index (χ1) is 7.64. The van der Waals surface area contributed by atoms with E-state index in [1.54, 1.807) is 0 Å². The Morgan fingerprint density at radius 2 is 0.833 bits per heavy atom. The molecule has 0 amide bonds. The van der Waals surface area contributed by atoms with Crippen LogP contribution in [0.5, 0.6) is 0 Å². The van der Waals surface area contributed by atoms with Crippen molar-refractivity contribution in [2.24, 2.45) is 35.5 Å². The third-order valence-electron chi connectivity index (χ3n) is 4.03. The maximum Gasteiger partial charge on any atom is 0 e. The van der Waals surface area contributed by atoms with Gasteiger partial charge in [0, 0.05) is 32.7 Å². The Bertz CT molecular complexity index is 143. The smallest absolute Gasteiger partial charge is 0 e. The third-order valence-corrected chi connectivity index (χ3v) is 4.03. The molecule has 0 saturated heterocycles. The van der Waals surface area contributed by atoms with Gasteiger partial charge in [-0.15, -0.1) is 0 Å². The molecule has 1 heteroatoms. The molecule has 1 radical (unpaired) electrons. The minimum atomic E-state index is 0. The first-order valence-corrected chi connectivity index (χ1v) is 7.44. The second-order valence-corrected chi connectivity index (χ2v) is 6.75. The summed E-state index contributed by atoms with van der Waals surface area (Å²) in [5, 5.41) is 0. The number of hydrogen-bond donors (Lipinski definition) is 0. The van der Waals surface area contributed by atoms with Gasteiger partial charge in [0.2, 0.25) is 0 Å². The van der Waals surface area contributed by atoms with E-state index >= 15 is 0 Å². The molecule has 109 valence electrons. The molecule has 0 N–H and O–H groups in total. The fourth-order valence-electron chi connectivity index (χ4n) is 2.31. The maximum absolute atomic E-state index is 2.31. The Kier molecular flexibility index (Phi) is 17.6. The summed E-state index contributed by atoms with van der Waals surface area (Å²) in [5.74, 6) is 4.95. The van der Waals surface area contributed by atoms with Crippen LogP contribution in [-0.4, -0.2) is 0 Å². The second kappa shape index (κ2) is 13.1. The molecule has 0 aromatic heterocycles. The van der Waals surface area contributed by atoms with Crippen molar-refractivity contribution in [3.05, 3.63) is 6.42 Å². The van der Waals surface area contributed by atoms with Gasteiger partial charge in [-0.1, -0.05) is 74.1 Å². The average Bonchev–Trinajstić information content (AvgIpc) is 2.16. The Balaban J connectivity index is -0.000000238. The van der Waals surface area contributed by atoms with Crippen LogP contribution in [0.1, 0.15) is 69.2 Å². The first kappa shape index (κ1) is 24.1. The van der Waals surface area contributed by atoms with Gasteiger partial charge in [0.05, 0.1) is 0 Å². The third kappa shape index (κ3) is 12.2. The Morgan fingerprint density at radius 1 is 0.556 bits per heavy atom. The molecule has 0 aromatic carbocycles. The Morgan fingerprint density at radius 3 is 0.833 bits per heavy atom. The van der Waals surface area contributed by atoms with Gasteiger partial charge >= 0.3 is 0 Å². The van der Waals surface area contributed by atoms with Crippen molar-refractivity contribution < 1.29 is 32.7 Å². The zero-order chi connectivity index (χ0) is 14.2. The molecule has 0 nitrogen and oxygen atoms in total. The van der Waals surface area contributed by atoms with Gasteiger partial charge in [-0.05, 0) is 17.8 Å². The number of rotatable bonds is 5. The number of hydrogen-bond acceptors (Lipinski definition) is 0. The summed E-state index contributed by atoms with van der Waals surface area (Å²) in [7, 11) is 0. The fraction of sp³-hybridized carbons (Fsp3) is 0.941. The zero-order valence-electron chi connectivity index (χ0n) is 14.6. The van der Waals surface area contributed by atoms with Crippen LogP contribution >= 0.6 is 0 Å². The zero-order valence-corrected chi connectivity index (χ0v) is 17.5. The Labute approximate surface area is 143 Å². The van der Waals surface area contributed by atoms with E-state index in [0.29, 0.717) is 0 Å². The van der Waals surface area contributed by atoms with Crippen LogP contribution in [0, 0.1) is 41.9 Å². The van der Waals surface area contributed by atoms with Gasteiger partial charge in [0.1, 0.15) is 0 Å². The molecule has 0 heterocycles. The van der Waals surface area contributed by atoms with Crippen molar-refractivity contribution in [1.82, 2.24) is 0 Å². The molecule has 0 spiro atoms. The summed E-state index contributed by atoms with van der Waals surface area (Å²) in [6.45, 7) is 22.7. The minimum Gasteiger partial charge on any atom is -0.328 e. The molecule has 0 fully saturated rings. The molecule has 0 aliphatic heterocycles. The van der Waals surface area contributed by atoms with Crippen LogP contribution < -0.4 is 0 Å². The molecule has 0 bridgehead atoms. The topological polar surface area (TPSA) is 0 Å².